The molecule has 2 heterocycles. The van der Waals surface area contributed by atoms with Crippen molar-refractivity contribution in [3.05, 3.63) is 69.8 Å². The van der Waals surface area contributed by atoms with Gasteiger partial charge >= 0.3 is 6.09 Å². The second kappa shape index (κ2) is 12.4. The van der Waals surface area contributed by atoms with Crippen LogP contribution in [0.25, 0.3) is 0 Å². The van der Waals surface area contributed by atoms with Crippen LogP contribution in [0.5, 0.6) is 0 Å². The smallest absolute Gasteiger partial charge is 0.407 e. The van der Waals surface area contributed by atoms with E-state index in [2.05, 4.69) is 64.2 Å². The number of nitrogens with one attached hydrogen (secondary N) is 4. The van der Waals surface area contributed by atoms with Crippen molar-refractivity contribution in [3.63, 3.8) is 0 Å². The SMILES string of the molecule is CNC(=O)c1ccccc1Nc1nc(Nc2ccc3c(c2)CCN(CCNC(=O)OC(C)(C)C)C3)ncc1Br. The van der Waals surface area contributed by atoms with Crippen molar-refractivity contribution in [2.45, 2.75) is 39.3 Å². The van der Waals surface area contributed by atoms with Crippen molar-refractivity contribution in [3.8, 4) is 0 Å². The van der Waals surface area contributed by atoms with Gasteiger partial charge in [-0.3, -0.25) is 9.69 Å². The molecule has 0 unspecified atom stereocenters. The number of benzene rings is 2. The second-order valence-electron chi connectivity index (χ2n) is 10.2. The normalized spacial score (nSPS) is 13.3. The molecular formula is C28H34BrN7O3. The summed E-state index contributed by atoms with van der Waals surface area (Å²) in [6.45, 7) is 8.57. The molecule has 1 aromatic heterocycles. The molecule has 4 N–H and O–H groups in total. The van der Waals surface area contributed by atoms with Gasteiger partial charge in [-0.05, 0) is 78.5 Å². The first-order valence-corrected chi connectivity index (χ1v) is 13.6. The number of hydrogen-bond donors (Lipinski definition) is 4. The fraction of sp³-hybridized carbons (Fsp3) is 0.357. The van der Waals surface area contributed by atoms with Gasteiger partial charge in [0.2, 0.25) is 5.95 Å². The molecule has 0 aliphatic carbocycles. The predicted octanol–water partition coefficient (Wildman–Crippen LogP) is 4.97. The molecule has 0 spiro atoms. The minimum atomic E-state index is -0.503. The van der Waals surface area contributed by atoms with Gasteiger partial charge in [-0.2, -0.15) is 4.98 Å². The Bertz CT molecular complexity index is 1340. The molecule has 11 heteroatoms. The maximum absolute atomic E-state index is 12.2. The fourth-order valence-electron chi connectivity index (χ4n) is 4.21. The minimum absolute atomic E-state index is 0.187. The number of carbonyl (C=O) groups is 2. The Morgan fingerprint density at radius 1 is 1.10 bits per heavy atom. The summed E-state index contributed by atoms with van der Waals surface area (Å²) >= 11 is 3.49. The number of aromatic nitrogens is 2. The van der Waals surface area contributed by atoms with E-state index >= 15 is 0 Å². The summed E-state index contributed by atoms with van der Waals surface area (Å²) in [7, 11) is 1.60. The van der Waals surface area contributed by atoms with Crippen molar-refractivity contribution < 1.29 is 14.3 Å². The van der Waals surface area contributed by atoms with Crippen LogP contribution >= 0.6 is 15.9 Å². The lowest BCUT2D eigenvalue weighted by Crippen LogP contribution is -2.39. The largest absolute Gasteiger partial charge is 0.444 e. The van der Waals surface area contributed by atoms with Crippen molar-refractivity contribution >= 4 is 51.1 Å². The maximum atomic E-state index is 12.2. The van der Waals surface area contributed by atoms with Crippen LogP contribution in [0.3, 0.4) is 0 Å². The summed E-state index contributed by atoms with van der Waals surface area (Å²) in [4.78, 5) is 35.5. The number of anilines is 4. The minimum Gasteiger partial charge on any atom is -0.444 e. The molecule has 0 radical (unpaired) electrons. The Balaban J connectivity index is 1.37. The molecule has 0 atom stereocenters. The molecule has 206 valence electrons. The standard InChI is InChI=1S/C28H34BrN7O3/c1-28(2,3)39-27(38)31-12-14-36-13-11-18-15-20(10-9-19(18)17-36)33-26-32-16-22(29)24(35-26)34-23-8-6-5-7-21(23)25(37)30-4/h5-10,15-16H,11-14,17H2,1-4H3,(H,30,37)(H,31,38)(H2,32,33,34,35). The third kappa shape index (κ3) is 7.90. The summed E-state index contributed by atoms with van der Waals surface area (Å²) in [5, 5.41) is 12.0. The van der Waals surface area contributed by atoms with Crippen LogP contribution in [0.2, 0.25) is 0 Å². The number of fused-ring (bicyclic) bond motifs is 1. The summed E-state index contributed by atoms with van der Waals surface area (Å²) in [5.41, 5.74) is 4.08. The first-order valence-electron chi connectivity index (χ1n) is 12.8. The molecule has 0 fully saturated rings. The average molecular weight is 597 g/mol. The van der Waals surface area contributed by atoms with E-state index in [1.54, 1.807) is 19.3 Å². The van der Waals surface area contributed by atoms with E-state index in [-0.39, 0.29) is 12.0 Å². The van der Waals surface area contributed by atoms with E-state index in [1.165, 1.54) is 11.1 Å². The van der Waals surface area contributed by atoms with Gasteiger partial charge in [0.25, 0.3) is 5.91 Å². The van der Waals surface area contributed by atoms with Crippen molar-refractivity contribution in [1.29, 1.82) is 0 Å². The Kier molecular flexibility index (Phi) is 9.03. The van der Waals surface area contributed by atoms with Gasteiger partial charge < -0.3 is 26.0 Å². The van der Waals surface area contributed by atoms with Gasteiger partial charge in [-0.1, -0.05) is 18.2 Å². The lowest BCUT2D eigenvalue weighted by atomic mass is 9.99. The molecule has 1 aliphatic heterocycles. The Hall–Kier alpha value is -3.70. The molecule has 10 nitrogen and oxygen atoms in total. The quantitative estimate of drug-likeness (QED) is 0.288. The van der Waals surface area contributed by atoms with Crippen LogP contribution < -0.4 is 21.3 Å². The molecule has 0 bridgehead atoms. The zero-order valence-corrected chi connectivity index (χ0v) is 24.2. The first kappa shape index (κ1) is 28.3. The van der Waals surface area contributed by atoms with E-state index in [9.17, 15) is 9.59 Å². The molecule has 4 rings (SSSR count). The second-order valence-corrected chi connectivity index (χ2v) is 11.1. The van der Waals surface area contributed by atoms with Gasteiger partial charge in [0, 0.05) is 45.1 Å². The number of rotatable bonds is 8. The third-order valence-corrected chi connectivity index (χ3v) is 6.63. The number of alkyl carbamates (subject to hydrolysis) is 1. The first-order chi connectivity index (χ1) is 18.6. The summed E-state index contributed by atoms with van der Waals surface area (Å²) in [6.07, 6.45) is 2.18. The molecule has 0 saturated heterocycles. The van der Waals surface area contributed by atoms with Gasteiger partial charge in [-0.25, -0.2) is 9.78 Å². The van der Waals surface area contributed by atoms with Crippen LogP contribution in [0.4, 0.5) is 27.9 Å². The topological polar surface area (TPSA) is 121 Å². The van der Waals surface area contributed by atoms with Gasteiger partial charge in [0.05, 0.1) is 15.7 Å². The zero-order valence-electron chi connectivity index (χ0n) is 22.6. The van der Waals surface area contributed by atoms with E-state index in [4.69, 9.17) is 4.74 Å². The van der Waals surface area contributed by atoms with Crippen molar-refractivity contribution in [2.24, 2.45) is 0 Å². The Morgan fingerprint density at radius 2 is 1.90 bits per heavy atom. The van der Waals surface area contributed by atoms with Crippen LogP contribution in [0.15, 0.2) is 53.1 Å². The van der Waals surface area contributed by atoms with Crippen molar-refractivity contribution in [2.75, 3.05) is 37.3 Å². The fourth-order valence-corrected chi connectivity index (χ4v) is 4.50. The molecule has 39 heavy (non-hydrogen) atoms. The highest BCUT2D eigenvalue weighted by atomic mass is 79.9. The zero-order chi connectivity index (χ0) is 28.0. The van der Waals surface area contributed by atoms with Crippen LogP contribution in [0, 0.1) is 0 Å². The van der Waals surface area contributed by atoms with Crippen LogP contribution in [-0.4, -0.2) is 59.2 Å². The molecule has 3 aromatic rings. The number of nitrogens with zero attached hydrogens (tertiary/aromatic N) is 3. The van der Waals surface area contributed by atoms with E-state index < -0.39 is 5.60 Å². The highest BCUT2D eigenvalue weighted by molar-refractivity contribution is 9.10. The molecule has 1 aliphatic rings. The lowest BCUT2D eigenvalue weighted by Gasteiger charge is -2.29. The van der Waals surface area contributed by atoms with Gasteiger partial charge in [0.15, 0.2) is 0 Å². The molecule has 2 aromatic carbocycles. The van der Waals surface area contributed by atoms with E-state index in [0.29, 0.717) is 34.0 Å². The van der Waals surface area contributed by atoms with Crippen molar-refractivity contribution in [1.82, 2.24) is 25.5 Å². The summed E-state index contributed by atoms with van der Waals surface area (Å²) < 4.78 is 5.97. The van der Waals surface area contributed by atoms with E-state index in [1.807, 2.05) is 45.0 Å². The summed E-state index contributed by atoms with van der Waals surface area (Å²) in [5.74, 6) is 0.787. The van der Waals surface area contributed by atoms with Crippen LogP contribution in [0.1, 0.15) is 42.3 Å². The summed E-state index contributed by atoms with van der Waals surface area (Å²) in [6, 6.07) is 13.5. The average Bonchev–Trinajstić information content (AvgIpc) is 2.89. The molecule has 2 amide bonds. The number of hydrogen-bond acceptors (Lipinski definition) is 8. The molecular weight excluding hydrogens is 562 g/mol. The highest BCUT2D eigenvalue weighted by Gasteiger charge is 2.19. The number of carbonyl (C=O) groups excluding carboxylic acids is 2. The predicted molar refractivity (Wildman–Crippen MR) is 156 cm³/mol. The lowest BCUT2D eigenvalue weighted by molar-refractivity contribution is 0.0521. The van der Waals surface area contributed by atoms with Gasteiger partial charge in [-0.15, -0.1) is 0 Å². The highest BCUT2D eigenvalue weighted by Crippen LogP contribution is 2.28. The van der Waals surface area contributed by atoms with Gasteiger partial charge in [0.1, 0.15) is 11.4 Å². The molecule has 0 saturated carbocycles. The number of para-hydroxylation sites is 1. The third-order valence-electron chi connectivity index (χ3n) is 6.05. The number of halogens is 1. The van der Waals surface area contributed by atoms with E-state index in [0.717, 1.165) is 31.7 Å². The Labute approximate surface area is 237 Å². The monoisotopic (exact) mass is 595 g/mol. The maximum Gasteiger partial charge on any atom is 0.407 e. The van der Waals surface area contributed by atoms with Crippen LogP contribution in [-0.2, 0) is 17.7 Å². The Morgan fingerprint density at radius 3 is 2.67 bits per heavy atom. The number of ether oxygens (including phenoxy) is 1. The number of amides is 2.